The normalized spacial score (nSPS) is 16.8. The number of nitrogens with one attached hydrogen (secondary N) is 1. The van der Waals surface area contributed by atoms with Crippen molar-refractivity contribution in [3.8, 4) is 5.75 Å². The maximum atomic E-state index is 12.5. The molecule has 1 aliphatic heterocycles. The molecule has 2 heterocycles. The summed E-state index contributed by atoms with van der Waals surface area (Å²) in [6.07, 6.45) is 0.963. The van der Waals surface area contributed by atoms with Crippen LogP contribution < -0.4 is 5.32 Å². The Hall–Kier alpha value is -1.90. The Labute approximate surface area is 144 Å². The van der Waals surface area contributed by atoms with Gasteiger partial charge in [0, 0.05) is 30.8 Å². The Morgan fingerprint density at radius 1 is 1.21 bits per heavy atom. The van der Waals surface area contributed by atoms with Crippen LogP contribution in [0.3, 0.4) is 0 Å². The van der Waals surface area contributed by atoms with E-state index in [1.165, 1.54) is 27.8 Å². The zero-order chi connectivity index (χ0) is 17.2. The van der Waals surface area contributed by atoms with Gasteiger partial charge in [-0.3, -0.25) is 4.79 Å². The van der Waals surface area contributed by atoms with Crippen molar-refractivity contribution in [2.45, 2.75) is 17.1 Å². The molecule has 1 aromatic carbocycles. The summed E-state index contributed by atoms with van der Waals surface area (Å²) >= 11 is 1.20. The third-order valence-corrected chi connectivity index (χ3v) is 7.30. The SMILES string of the molecule is O=C(Nc1cccc(O)c1)C1CCN(S(=O)(=O)c2cccs2)CC1. The first-order valence-corrected chi connectivity index (χ1v) is 9.92. The highest BCUT2D eigenvalue weighted by Gasteiger charge is 2.32. The van der Waals surface area contributed by atoms with Gasteiger partial charge in [0.1, 0.15) is 9.96 Å². The van der Waals surface area contributed by atoms with Crippen LogP contribution in [0.15, 0.2) is 46.0 Å². The molecule has 0 bridgehead atoms. The summed E-state index contributed by atoms with van der Waals surface area (Å²) < 4.78 is 26.7. The number of hydrogen-bond acceptors (Lipinski definition) is 5. The lowest BCUT2D eigenvalue weighted by molar-refractivity contribution is -0.120. The molecular weight excluding hydrogens is 348 g/mol. The minimum Gasteiger partial charge on any atom is -0.508 e. The van der Waals surface area contributed by atoms with Crippen molar-refractivity contribution in [1.29, 1.82) is 0 Å². The van der Waals surface area contributed by atoms with Gasteiger partial charge in [0.05, 0.1) is 0 Å². The maximum absolute atomic E-state index is 12.5. The van der Waals surface area contributed by atoms with E-state index >= 15 is 0 Å². The maximum Gasteiger partial charge on any atom is 0.252 e. The van der Waals surface area contributed by atoms with E-state index in [9.17, 15) is 18.3 Å². The molecule has 1 amide bonds. The second-order valence-electron chi connectivity index (χ2n) is 5.65. The molecule has 0 unspecified atom stereocenters. The Morgan fingerprint density at radius 2 is 1.96 bits per heavy atom. The smallest absolute Gasteiger partial charge is 0.252 e. The van der Waals surface area contributed by atoms with Crippen LogP contribution in [0.5, 0.6) is 5.75 Å². The predicted molar refractivity (Wildman–Crippen MR) is 92.5 cm³/mol. The third kappa shape index (κ3) is 3.61. The first-order valence-electron chi connectivity index (χ1n) is 7.60. The van der Waals surface area contributed by atoms with E-state index in [4.69, 9.17) is 0 Å². The highest BCUT2D eigenvalue weighted by atomic mass is 32.2. The number of phenolic OH excluding ortho intramolecular Hbond substituents is 1. The number of aromatic hydroxyl groups is 1. The summed E-state index contributed by atoms with van der Waals surface area (Å²) in [5, 5.41) is 13.9. The molecule has 8 heteroatoms. The summed E-state index contributed by atoms with van der Waals surface area (Å²) in [6.45, 7) is 0.663. The number of thiophene rings is 1. The van der Waals surface area contributed by atoms with Gasteiger partial charge in [0.25, 0.3) is 10.0 Å². The zero-order valence-electron chi connectivity index (χ0n) is 12.9. The molecule has 1 aromatic heterocycles. The molecule has 2 N–H and O–H groups in total. The molecule has 1 saturated heterocycles. The fourth-order valence-electron chi connectivity index (χ4n) is 2.72. The highest BCUT2D eigenvalue weighted by Crippen LogP contribution is 2.27. The van der Waals surface area contributed by atoms with Crippen molar-refractivity contribution in [2.75, 3.05) is 18.4 Å². The van der Waals surface area contributed by atoms with Crippen molar-refractivity contribution in [3.05, 3.63) is 41.8 Å². The van der Waals surface area contributed by atoms with Crippen LogP contribution in [0, 0.1) is 5.92 Å². The zero-order valence-corrected chi connectivity index (χ0v) is 14.5. The van der Waals surface area contributed by atoms with Crippen LogP contribution in [-0.4, -0.2) is 36.8 Å². The number of hydrogen-bond donors (Lipinski definition) is 2. The molecule has 2 aromatic rings. The van der Waals surface area contributed by atoms with Crippen molar-refractivity contribution in [3.63, 3.8) is 0 Å². The lowest BCUT2D eigenvalue weighted by Crippen LogP contribution is -2.41. The molecule has 24 heavy (non-hydrogen) atoms. The molecular formula is C16H18N2O4S2. The van der Waals surface area contributed by atoms with Gasteiger partial charge in [-0.2, -0.15) is 4.31 Å². The Balaban J connectivity index is 1.60. The first-order chi connectivity index (χ1) is 11.5. The van der Waals surface area contributed by atoms with Crippen LogP contribution >= 0.6 is 11.3 Å². The number of carbonyl (C=O) groups excluding carboxylic acids is 1. The molecule has 0 radical (unpaired) electrons. The van der Waals surface area contributed by atoms with Gasteiger partial charge in [-0.15, -0.1) is 11.3 Å². The van der Waals surface area contributed by atoms with Crippen molar-refractivity contribution < 1.29 is 18.3 Å². The molecule has 0 saturated carbocycles. The van der Waals surface area contributed by atoms with Crippen LogP contribution in [0.1, 0.15) is 12.8 Å². The Morgan fingerprint density at radius 3 is 2.58 bits per heavy atom. The summed E-state index contributed by atoms with van der Waals surface area (Å²) in [4.78, 5) is 12.3. The summed E-state index contributed by atoms with van der Waals surface area (Å²) in [7, 11) is -3.45. The molecule has 128 valence electrons. The molecule has 1 aliphatic rings. The minimum atomic E-state index is -3.45. The Kier molecular flexibility index (Phi) is 4.88. The third-order valence-electron chi connectivity index (χ3n) is 4.03. The van der Waals surface area contributed by atoms with E-state index < -0.39 is 10.0 Å². The lowest BCUT2D eigenvalue weighted by Gasteiger charge is -2.30. The number of carbonyl (C=O) groups is 1. The number of sulfonamides is 1. The van der Waals surface area contributed by atoms with Gasteiger partial charge >= 0.3 is 0 Å². The van der Waals surface area contributed by atoms with Crippen LogP contribution in [0.2, 0.25) is 0 Å². The number of amides is 1. The van der Waals surface area contributed by atoms with Crippen LogP contribution in [-0.2, 0) is 14.8 Å². The highest BCUT2D eigenvalue weighted by molar-refractivity contribution is 7.91. The average Bonchev–Trinajstić information content (AvgIpc) is 3.10. The van der Waals surface area contributed by atoms with Gasteiger partial charge in [-0.1, -0.05) is 12.1 Å². The van der Waals surface area contributed by atoms with Gasteiger partial charge in [-0.05, 0) is 36.4 Å². The number of nitrogens with zero attached hydrogens (tertiary/aromatic N) is 1. The van der Waals surface area contributed by atoms with Crippen molar-refractivity contribution in [2.24, 2.45) is 5.92 Å². The number of anilines is 1. The second-order valence-corrected chi connectivity index (χ2v) is 8.76. The van der Waals surface area contributed by atoms with Gasteiger partial charge < -0.3 is 10.4 Å². The summed E-state index contributed by atoms with van der Waals surface area (Å²) in [5.74, 6) is -0.291. The number of phenols is 1. The molecule has 3 rings (SSSR count). The van der Waals surface area contributed by atoms with E-state index in [2.05, 4.69) is 5.32 Å². The van der Waals surface area contributed by atoms with E-state index in [1.807, 2.05) is 0 Å². The largest absolute Gasteiger partial charge is 0.508 e. The predicted octanol–water partition coefficient (Wildman–Crippen LogP) is 2.49. The fourth-order valence-corrected chi connectivity index (χ4v) is 5.34. The number of piperidine rings is 1. The standard InChI is InChI=1S/C16H18N2O4S2/c19-14-4-1-3-13(11-14)17-16(20)12-6-8-18(9-7-12)24(21,22)15-5-2-10-23-15/h1-5,10-12,19H,6-9H2,(H,17,20). The summed E-state index contributed by atoms with van der Waals surface area (Å²) in [5.41, 5.74) is 0.536. The summed E-state index contributed by atoms with van der Waals surface area (Å²) in [6, 6.07) is 9.68. The Bertz CT molecular complexity index is 810. The second kappa shape index (κ2) is 6.92. The van der Waals surface area contributed by atoms with Crippen LogP contribution in [0.25, 0.3) is 0 Å². The van der Waals surface area contributed by atoms with Crippen molar-refractivity contribution in [1.82, 2.24) is 4.31 Å². The van der Waals surface area contributed by atoms with Gasteiger partial charge in [0.2, 0.25) is 5.91 Å². The molecule has 6 nitrogen and oxygen atoms in total. The molecule has 0 aliphatic carbocycles. The fraction of sp³-hybridized carbons (Fsp3) is 0.312. The van der Waals surface area contributed by atoms with E-state index in [-0.39, 0.29) is 17.6 Å². The van der Waals surface area contributed by atoms with Crippen LogP contribution in [0.4, 0.5) is 5.69 Å². The van der Waals surface area contributed by atoms with Crippen molar-refractivity contribution >= 4 is 33.0 Å². The van der Waals surface area contributed by atoms with E-state index in [0.717, 1.165) is 0 Å². The topological polar surface area (TPSA) is 86.7 Å². The molecule has 1 fully saturated rings. The quantitative estimate of drug-likeness (QED) is 0.870. The molecule has 0 atom stereocenters. The minimum absolute atomic E-state index is 0.0876. The molecule has 0 spiro atoms. The average molecular weight is 366 g/mol. The lowest BCUT2D eigenvalue weighted by atomic mass is 9.97. The number of benzene rings is 1. The van der Waals surface area contributed by atoms with Gasteiger partial charge in [-0.25, -0.2) is 8.42 Å². The van der Waals surface area contributed by atoms with E-state index in [0.29, 0.717) is 35.8 Å². The monoisotopic (exact) mass is 366 g/mol. The van der Waals surface area contributed by atoms with Gasteiger partial charge in [0.15, 0.2) is 0 Å². The first kappa shape index (κ1) is 16.9. The number of rotatable bonds is 4. The van der Waals surface area contributed by atoms with E-state index in [1.54, 1.807) is 29.6 Å².